The molecule has 13 rings (SSSR count). The van der Waals surface area contributed by atoms with Crippen LogP contribution in [0.15, 0.2) is 212 Å². The lowest BCUT2D eigenvalue weighted by Gasteiger charge is -2.21. The molecule has 0 saturated carbocycles. The van der Waals surface area contributed by atoms with Crippen LogP contribution in [0.4, 0.5) is 0 Å². The smallest absolute Gasteiger partial charge is 0.238 e. The Balaban J connectivity index is 1.11. The van der Waals surface area contributed by atoms with Gasteiger partial charge in [-0.25, -0.2) is 4.98 Å². The number of rotatable bonds is 6. The summed E-state index contributed by atoms with van der Waals surface area (Å²) in [6.07, 6.45) is 0. The highest BCUT2D eigenvalue weighted by Crippen LogP contribution is 2.50. The Morgan fingerprint density at radius 1 is 0.338 bits per heavy atom. The molecular weight excluding hydrogens is 791 g/mol. The van der Waals surface area contributed by atoms with Gasteiger partial charge < -0.3 is 4.57 Å². The van der Waals surface area contributed by atoms with Gasteiger partial charge in [0.05, 0.1) is 22.1 Å². The van der Waals surface area contributed by atoms with E-state index in [4.69, 9.17) is 15.0 Å². The van der Waals surface area contributed by atoms with Crippen LogP contribution in [0, 0.1) is 0 Å². The summed E-state index contributed by atoms with van der Waals surface area (Å²) in [6.45, 7) is 4.63. The number of fused-ring (bicyclic) bond motifs is 10. The van der Waals surface area contributed by atoms with Gasteiger partial charge in [-0.2, -0.15) is 9.97 Å². The van der Waals surface area contributed by atoms with Crippen LogP contribution in [0.1, 0.15) is 25.0 Å². The minimum absolute atomic E-state index is 0.175. The Morgan fingerprint density at radius 3 is 1.52 bits per heavy atom. The molecule has 0 fully saturated rings. The molecule has 0 bridgehead atoms. The van der Waals surface area contributed by atoms with E-state index in [1.165, 1.54) is 49.9 Å². The predicted molar refractivity (Wildman–Crippen MR) is 268 cm³/mol. The van der Waals surface area contributed by atoms with Crippen molar-refractivity contribution in [3.8, 4) is 67.8 Å². The molecule has 3 heterocycles. The van der Waals surface area contributed by atoms with Crippen molar-refractivity contribution in [2.24, 2.45) is 0 Å². The van der Waals surface area contributed by atoms with E-state index < -0.39 is 0 Å². The molecule has 306 valence electrons. The molecule has 0 aliphatic heterocycles. The second-order valence-corrected chi connectivity index (χ2v) is 17.6. The van der Waals surface area contributed by atoms with E-state index in [0.717, 1.165) is 55.0 Å². The summed E-state index contributed by atoms with van der Waals surface area (Å²) in [5, 5.41) is 4.59. The standard InChI is InChI=1S/C60H41N5/c1-60(2)51-27-15-12-24-44(51)45-32-30-41(36-52(45)60)58-61-57(40-22-10-5-11-23-40)62-59(63-58)65-54-29-17-14-26-47(54)49-35-34-48-46-25-13-16-28-53(46)64(55(48)56(49)65)42-31-33-43(38-18-6-3-7-19-38)50(37-42)39-20-8-4-9-21-39/h3-37H,1-2H3. The van der Waals surface area contributed by atoms with Gasteiger partial charge in [0.25, 0.3) is 0 Å². The van der Waals surface area contributed by atoms with Gasteiger partial charge >= 0.3 is 0 Å². The first-order valence-corrected chi connectivity index (χ1v) is 22.3. The average Bonchev–Trinajstić information content (AvgIpc) is 3.97. The van der Waals surface area contributed by atoms with E-state index in [1.54, 1.807) is 0 Å². The lowest BCUT2D eigenvalue weighted by Crippen LogP contribution is -2.15. The third kappa shape index (κ3) is 5.68. The van der Waals surface area contributed by atoms with Gasteiger partial charge in [0.2, 0.25) is 5.95 Å². The third-order valence-corrected chi connectivity index (χ3v) is 13.6. The van der Waals surface area contributed by atoms with Crippen LogP contribution in [0.25, 0.3) is 111 Å². The first-order chi connectivity index (χ1) is 32.0. The predicted octanol–water partition coefficient (Wildman–Crippen LogP) is 15.0. The van der Waals surface area contributed by atoms with E-state index in [2.05, 4.69) is 217 Å². The fourth-order valence-electron chi connectivity index (χ4n) is 10.5. The zero-order valence-corrected chi connectivity index (χ0v) is 35.9. The van der Waals surface area contributed by atoms with Crippen LogP contribution in [-0.4, -0.2) is 24.1 Å². The Labute approximate surface area is 376 Å². The maximum atomic E-state index is 5.49. The summed E-state index contributed by atoms with van der Waals surface area (Å²) in [4.78, 5) is 16.1. The zero-order chi connectivity index (χ0) is 43.2. The second-order valence-electron chi connectivity index (χ2n) is 17.6. The average molecular weight is 832 g/mol. The van der Waals surface area contributed by atoms with E-state index in [9.17, 15) is 0 Å². The second kappa shape index (κ2) is 14.3. The fourth-order valence-corrected chi connectivity index (χ4v) is 10.5. The minimum Gasteiger partial charge on any atom is -0.307 e. The van der Waals surface area contributed by atoms with Crippen molar-refractivity contribution in [1.29, 1.82) is 0 Å². The van der Waals surface area contributed by atoms with Gasteiger partial charge in [-0.3, -0.25) is 4.57 Å². The molecular formula is C60H41N5. The highest BCUT2D eigenvalue weighted by Gasteiger charge is 2.35. The molecule has 12 aromatic rings. The van der Waals surface area contributed by atoms with Crippen molar-refractivity contribution >= 4 is 43.6 Å². The molecule has 3 aromatic heterocycles. The van der Waals surface area contributed by atoms with Crippen molar-refractivity contribution < 1.29 is 0 Å². The number of aromatic nitrogens is 5. The molecule has 1 aliphatic rings. The monoisotopic (exact) mass is 831 g/mol. The fraction of sp³-hybridized carbons (Fsp3) is 0.0500. The summed E-state index contributed by atoms with van der Waals surface area (Å²) in [5.74, 6) is 1.82. The molecule has 0 atom stereocenters. The maximum absolute atomic E-state index is 5.49. The number of para-hydroxylation sites is 2. The summed E-state index contributed by atoms with van der Waals surface area (Å²) >= 11 is 0. The van der Waals surface area contributed by atoms with E-state index in [-0.39, 0.29) is 5.41 Å². The van der Waals surface area contributed by atoms with Crippen LogP contribution in [0.5, 0.6) is 0 Å². The molecule has 0 unspecified atom stereocenters. The first-order valence-electron chi connectivity index (χ1n) is 22.3. The van der Waals surface area contributed by atoms with Crippen LogP contribution in [-0.2, 0) is 5.41 Å². The SMILES string of the molecule is CC1(C)c2ccccc2-c2ccc(-c3nc(-c4ccccc4)nc(-n4c5ccccc5c5ccc6c7ccccc7n(-c7ccc(-c8ccccc8)c(-c8ccccc8)c7)c6c54)n3)cc21. The molecule has 0 saturated heterocycles. The molecule has 5 heteroatoms. The van der Waals surface area contributed by atoms with Crippen LogP contribution >= 0.6 is 0 Å². The Morgan fingerprint density at radius 2 is 0.846 bits per heavy atom. The van der Waals surface area contributed by atoms with Gasteiger partial charge in [-0.15, -0.1) is 0 Å². The molecule has 0 N–H and O–H groups in total. The summed E-state index contributed by atoms with van der Waals surface area (Å²) < 4.78 is 4.73. The molecule has 0 amide bonds. The number of nitrogens with zero attached hydrogens (tertiary/aromatic N) is 5. The first kappa shape index (κ1) is 37.2. The lowest BCUT2D eigenvalue weighted by atomic mass is 9.82. The number of hydrogen-bond acceptors (Lipinski definition) is 3. The Kier molecular flexibility index (Phi) is 8.18. The molecule has 0 radical (unpaired) electrons. The molecule has 5 nitrogen and oxygen atoms in total. The third-order valence-electron chi connectivity index (χ3n) is 13.6. The summed E-state index contributed by atoms with van der Waals surface area (Å²) in [7, 11) is 0. The molecule has 0 spiro atoms. The van der Waals surface area contributed by atoms with Crippen molar-refractivity contribution in [2.75, 3.05) is 0 Å². The van der Waals surface area contributed by atoms with E-state index >= 15 is 0 Å². The van der Waals surface area contributed by atoms with Gasteiger partial charge in [0.1, 0.15) is 0 Å². The largest absolute Gasteiger partial charge is 0.307 e. The highest BCUT2D eigenvalue weighted by molar-refractivity contribution is 6.23. The van der Waals surface area contributed by atoms with Gasteiger partial charge in [-0.1, -0.05) is 196 Å². The van der Waals surface area contributed by atoms with Gasteiger partial charge in [0, 0.05) is 43.8 Å². The van der Waals surface area contributed by atoms with Crippen molar-refractivity contribution in [3.05, 3.63) is 223 Å². The maximum Gasteiger partial charge on any atom is 0.238 e. The van der Waals surface area contributed by atoms with Crippen LogP contribution in [0.2, 0.25) is 0 Å². The van der Waals surface area contributed by atoms with E-state index in [1.807, 2.05) is 18.2 Å². The quantitative estimate of drug-likeness (QED) is 0.168. The lowest BCUT2D eigenvalue weighted by molar-refractivity contribution is 0.660. The van der Waals surface area contributed by atoms with Gasteiger partial charge in [0.15, 0.2) is 11.6 Å². The number of hydrogen-bond donors (Lipinski definition) is 0. The normalized spacial score (nSPS) is 12.9. The number of benzene rings is 9. The van der Waals surface area contributed by atoms with Crippen molar-refractivity contribution in [1.82, 2.24) is 24.1 Å². The van der Waals surface area contributed by atoms with Gasteiger partial charge in [-0.05, 0) is 74.8 Å². The zero-order valence-electron chi connectivity index (χ0n) is 35.9. The van der Waals surface area contributed by atoms with E-state index in [0.29, 0.717) is 17.6 Å². The van der Waals surface area contributed by atoms with Crippen LogP contribution in [0.3, 0.4) is 0 Å². The summed E-state index contributed by atoms with van der Waals surface area (Å²) in [6, 6.07) is 76.1. The molecule has 9 aromatic carbocycles. The Bertz CT molecular complexity index is 3840. The van der Waals surface area contributed by atoms with Crippen molar-refractivity contribution in [3.63, 3.8) is 0 Å². The summed E-state index contributed by atoms with van der Waals surface area (Å²) in [5.41, 5.74) is 16.9. The topological polar surface area (TPSA) is 48.5 Å². The van der Waals surface area contributed by atoms with Crippen LogP contribution < -0.4 is 0 Å². The van der Waals surface area contributed by atoms with Crippen molar-refractivity contribution in [2.45, 2.75) is 19.3 Å². The minimum atomic E-state index is -0.175. The Hall–Kier alpha value is -8.41. The molecule has 1 aliphatic carbocycles. The molecule has 65 heavy (non-hydrogen) atoms. The highest BCUT2D eigenvalue weighted by atomic mass is 15.2.